The van der Waals surface area contributed by atoms with Gasteiger partial charge in [-0.05, 0) is 80.3 Å². The number of nitrogens with zero attached hydrogens (tertiary/aromatic N) is 1. The third-order valence-corrected chi connectivity index (χ3v) is 7.62. The van der Waals surface area contributed by atoms with E-state index in [0.717, 1.165) is 50.6 Å². The van der Waals surface area contributed by atoms with Gasteiger partial charge in [0.15, 0.2) is 0 Å². The SMILES string of the molecule is COc1cc2c(cc1S(=O)(=O)NCCCN1c3ccccc3C[C@@H]1C)CCCC2. The van der Waals surface area contributed by atoms with Gasteiger partial charge in [-0.25, -0.2) is 13.1 Å². The highest BCUT2D eigenvalue weighted by Crippen LogP contribution is 2.33. The Morgan fingerprint density at radius 3 is 2.59 bits per heavy atom. The molecule has 0 fully saturated rings. The lowest BCUT2D eigenvalue weighted by Gasteiger charge is -2.25. The lowest BCUT2D eigenvalue weighted by molar-refractivity contribution is 0.401. The lowest BCUT2D eigenvalue weighted by atomic mass is 9.92. The first-order valence-corrected chi connectivity index (χ1v) is 12.0. The van der Waals surface area contributed by atoms with Crippen LogP contribution in [-0.4, -0.2) is 34.7 Å². The van der Waals surface area contributed by atoms with Crippen molar-refractivity contribution in [1.82, 2.24) is 4.72 Å². The molecule has 0 amide bonds. The molecule has 0 saturated carbocycles. The van der Waals surface area contributed by atoms with Gasteiger partial charge in [0.05, 0.1) is 7.11 Å². The van der Waals surface area contributed by atoms with E-state index >= 15 is 0 Å². The second-order valence-corrected chi connectivity index (χ2v) is 9.84. The topological polar surface area (TPSA) is 58.6 Å². The van der Waals surface area contributed by atoms with Gasteiger partial charge in [-0.1, -0.05) is 18.2 Å². The summed E-state index contributed by atoms with van der Waals surface area (Å²) in [5.74, 6) is 0.445. The number of hydrogen-bond acceptors (Lipinski definition) is 4. The van der Waals surface area contributed by atoms with Crippen LogP contribution in [0.3, 0.4) is 0 Å². The fraction of sp³-hybridized carbons (Fsp3) is 0.478. The van der Waals surface area contributed by atoms with Crippen LogP contribution in [-0.2, 0) is 29.3 Å². The Morgan fingerprint density at radius 1 is 1.10 bits per heavy atom. The average molecular weight is 415 g/mol. The number of methoxy groups -OCH3 is 1. The predicted molar refractivity (Wildman–Crippen MR) is 116 cm³/mol. The number of ether oxygens (including phenoxy) is 1. The van der Waals surface area contributed by atoms with Crippen molar-refractivity contribution in [1.29, 1.82) is 0 Å². The first kappa shape index (κ1) is 20.2. The van der Waals surface area contributed by atoms with Gasteiger partial charge in [0.1, 0.15) is 10.6 Å². The van der Waals surface area contributed by atoms with Gasteiger partial charge in [0.25, 0.3) is 0 Å². The van der Waals surface area contributed by atoms with E-state index in [1.54, 1.807) is 0 Å². The molecule has 0 saturated heterocycles. The zero-order valence-corrected chi connectivity index (χ0v) is 18.1. The van der Waals surface area contributed by atoms with Gasteiger partial charge in [-0.15, -0.1) is 0 Å². The van der Waals surface area contributed by atoms with Crippen molar-refractivity contribution >= 4 is 15.7 Å². The van der Waals surface area contributed by atoms with Crippen LogP contribution in [0.25, 0.3) is 0 Å². The second kappa shape index (κ2) is 8.36. The van der Waals surface area contributed by atoms with Gasteiger partial charge in [0, 0.05) is 24.8 Å². The van der Waals surface area contributed by atoms with E-state index in [4.69, 9.17) is 4.74 Å². The van der Waals surface area contributed by atoms with Gasteiger partial charge in [-0.3, -0.25) is 0 Å². The molecule has 4 rings (SSSR count). The maximum atomic E-state index is 13.0. The Morgan fingerprint density at radius 2 is 1.83 bits per heavy atom. The highest BCUT2D eigenvalue weighted by atomic mass is 32.2. The Hall–Kier alpha value is -2.05. The van der Waals surface area contributed by atoms with Crippen molar-refractivity contribution in [3.05, 3.63) is 53.1 Å². The Balaban J connectivity index is 1.41. The first-order valence-electron chi connectivity index (χ1n) is 10.5. The van der Waals surface area contributed by atoms with Crippen LogP contribution in [0.5, 0.6) is 5.75 Å². The van der Waals surface area contributed by atoms with Gasteiger partial charge >= 0.3 is 0 Å². The highest BCUT2D eigenvalue weighted by Gasteiger charge is 2.26. The van der Waals surface area contributed by atoms with Gasteiger partial charge in [-0.2, -0.15) is 0 Å². The van der Waals surface area contributed by atoms with E-state index in [1.165, 1.54) is 23.9 Å². The first-order chi connectivity index (χ1) is 14.0. The fourth-order valence-electron chi connectivity index (χ4n) is 4.61. The smallest absolute Gasteiger partial charge is 0.244 e. The average Bonchev–Trinajstić information content (AvgIpc) is 3.05. The molecule has 1 aliphatic heterocycles. The molecule has 0 radical (unpaired) electrons. The van der Waals surface area contributed by atoms with Crippen molar-refractivity contribution in [2.45, 2.75) is 56.4 Å². The number of aryl methyl sites for hydroxylation is 2. The monoisotopic (exact) mass is 414 g/mol. The predicted octanol–water partition coefficient (Wildman–Crippen LogP) is 3.69. The van der Waals surface area contributed by atoms with Gasteiger partial charge in [0.2, 0.25) is 10.0 Å². The molecule has 29 heavy (non-hydrogen) atoms. The van der Waals surface area contributed by atoms with Crippen molar-refractivity contribution in [3.8, 4) is 5.75 Å². The van der Waals surface area contributed by atoms with Crippen molar-refractivity contribution in [3.63, 3.8) is 0 Å². The number of anilines is 1. The van der Waals surface area contributed by atoms with E-state index in [0.29, 0.717) is 18.3 Å². The summed E-state index contributed by atoms with van der Waals surface area (Å²) in [5, 5.41) is 0. The van der Waals surface area contributed by atoms with E-state index in [-0.39, 0.29) is 4.90 Å². The molecule has 1 atom stereocenters. The van der Waals surface area contributed by atoms with Crippen LogP contribution < -0.4 is 14.4 Å². The Bertz CT molecular complexity index is 988. The second-order valence-electron chi connectivity index (χ2n) is 8.11. The molecule has 2 aromatic rings. The summed E-state index contributed by atoms with van der Waals surface area (Å²) in [6.07, 6.45) is 6.00. The number of sulfonamides is 1. The molecule has 0 spiro atoms. The Labute approximate surface area is 174 Å². The van der Waals surface area contributed by atoms with Crippen LogP contribution in [0.4, 0.5) is 5.69 Å². The molecule has 2 aromatic carbocycles. The summed E-state index contributed by atoms with van der Waals surface area (Å²) in [6, 6.07) is 12.6. The normalized spacial score (nSPS) is 18.4. The van der Waals surface area contributed by atoms with Crippen LogP contribution in [0.2, 0.25) is 0 Å². The molecule has 0 bridgehead atoms. The Kier molecular flexibility index (Phi) is 5.83. The maximum Gasteiger partial charge on any atom is 0.244 e. The van der Waals surface area contributed by atoms with Crippen molar-refractivity contribution in [2.75, 3.05) is 25.1 Å². The molecular formula is C23H30N2O3S. The zero-order valence-electron chi connectivity index (χ0n) is 17.3. The fourth-order valence-corrected chi connectivity index (χ4v) is 5.89. The minimum atomic E-state index is -3.60. The van der Waals surface area contributed by atoms with Gasteiger partial charge < -0.3 is 9.64 Å². The molecule has 5 nitrogen and oxygen atoms in total. The summed E-state index contributed by atoms with van der Waals surface area (Å²) in [7, 11) is -2.06. The minimum absolute atomic E-state index is 0.264. The summed E-state index contributed by atoms with van der Waals surface area (Å²) < 4.78 is 34.1. The molecule has 2 aliphatic rings. The number of para-hydroxylation sites is 1. The summed E-state index contributed by atoms with van der Waals surface area (Å²) >= 11 is 0. The standard InChI is InChI=1S/C23H30N2O3S/c1-17-14-20-10-5-6-11-21(20)25(17)13-7-12-24-29(26,27)23-16-19-9-4-3-8-18(19)15-22(23)28-2/h5-6,10-11,15-17,24H,3-4,7-9,12-14H2,1-2H3/t17-/m0/s1. The van der Waals surface area contributed by atoms with E-state index < -0.39 is 10.0 Å². The number of hydrogen-bond donors (Lipinski definition) is 1. The highest BCUT2D eigenvalue weighted by molar-refractivity contribution is 7.89. The molecule has 156 valence electrons. The largest absolute Gasteiger partial charge is 0.495 e. The number of benzene rings is 2. The number of rotatable bonds is 7. The molecule has 0 aromatic heterocycles. The molecule has 6 heteroatoms. The quantitative estimate of drug-likeness (QED) is 0.702. The minimum Gasteiger partial charge on any atom is -0.495 e. The summed E-state index contributed by atoms with van der Waals surface area (Å²) in [5.41, 5.74) is 5.01. The zero-order chi connectivity index (χ0) is 20.4. The molecule has 1 aliphatic carbocycles. The lowest BCUT2D eigenvalue weighted by Crippen LogP contribution is -2.33. The van der Waals surface area contributed by atoms with Crippen LogP contribution in [0, 0.1) is 0 Å². The number of nitrogens with one attached hydrogen (secondary N) is 1. The summed E-state index contributed by atoms with van der Waals surface area (Å²) in [4.78, 5) is 2.64. The molecule has 1 heterocycles. The number of fused-ring (bicyclic) bond motifs is 2. The van der Waals surface area contributed by atoms with Crippen LogP contribution in [0.15, 0.2) is 41.3 Å². The van der Waals surface area contributed by atoms with E-state index in [2.05, 4.69) is 40.8 Å². The molecule has 0 unspecified atom stereocenters. The van der Waals surface area contributed by atoms with Crippen molar-refractivity contribution in [2.24, 2.45) is 0 Å². The van der Waals surface area contributed by atoms with Crippen LogP contribution >= 0.6 is 0 Å². The van der Waals surface area contributed by atoms with E-state index in [9.17, 15) is 8.42 Å². The molecular weight excluding hydrogens is 384 g/mol. The third kappa shape index (κ3) is 4.14. The summed E-state index contributed by atoms with van der Waals surface area (Å²) in [6.45, 7) is 3.47. The molecule has 1 N–H and O–H groups in total. The van der Waals surface area contributed by atoms with E-state index in [1.807, 2.05) is 12.1 Å². The third-order valence-electron chi connectivity index (χ3n) is 6.13. The van der Waals surface area contributed by atoms with Crippen LogP contribution in [0.1, 0.15) is 42.9 Å². The maximum absolute atomic E-state index is 13.0. The van der Waals surface area contributed by atoms with Crippen molar-refractivity contribution < 1.29 is 13.2 Å².